The van der Waals surface area contributed by atoms with Gasteiger partial charge in [0.25, 0.3) is 0 Å². The van der Waals surface area contributed by atoms with E-state index < -0.39 is 6.04 Å². The molecule has 234 valence electrons. The summed E-state index contributed by atoms with van der Waals surface area (Å²) in [7, 11) is 3.46. The molecule has 1 aliphatic carbocycles. The number of aromatic nitrogens is 1. The maximum absolute atomic E-state index is 13.1. The molecule has 3 aliphatic rings. The second-order valence-corrected chi connectivity index (χ2v) is 12.4. The zero-order chi connectivity index (χ0) is 31.2. The minimum atomic E-state index is -0.437. The number of aliphatic imine (C=N–C) groups is 1. The van der Waals surface area contributed by atoms with E-state index in [4.69, 9.17) is 26.1 Å². The number of hydrogen-bond acceptors (Lipinski definition) is 7. The van der Waals surface area contributed by atoms with Crippen LogP contribution >= 0.6 is 11.6 Å². The zero-order valence-corrected chi connectivity index (χ0v) is 26.7. The summed E-state index contributed by atoms with van der Waals surface area (Å²) in [5.41, 5.74) is 5.02. The second kappa shape index (κ2) is 14.4. The first kappa shape index (κ1) is 31.7. The number of halogens is 1. The van der Waals surface area contributed by atoms with Crippen LogP contribution in [0.25, 0.3) is 11.6 Å². The normalized spacial score (nSPS) is 22.2. The molecule has 1 saturated heterocycles. The molecule has 0 spiro atoms. The fourth-order valence-corrected chi connectivity index (χ4v) is 6.77. The lowest BCUT2D eigenvalue weighted by Gasteiger charge is -2.36. The summed E-state index contributed by atoms with van der Waals surface area (Å²) in [5.74, 6) is -0.0337. The maximum atomic E-state index is 13.1. The Bertz CT molecular complexity index is 1440. The van der Waals surface area contributed by atoms with Crippen molar-refractivity contribution >= 4 is 41.6 Å². The molecular weight excluding hydrogens is 578 g/mol. The van der Waals surface area contributed by atoms with Gasteiger partial charge in [0.1, 0.15) is 6.61 Å². The van der Waals surface area contributed by atoms with Gasteiger partial charge < -0.3 is 24.6 Å². The first-order chi connectivity index (χ1) is 21.3. The summed E-state index contributed by atoms with van der Waals surface area (Å²) in [6.07, 6.45) is 12.8. The first-order valence-corrected chi connectivity index (χ1v) is 15.8. The van der Waals surface area contributed by atoms with Crippen LogP contribution in [-0.2, 0) is 14.3 Å². The third kappa shape index (κ3) is 7.16. The molecule has 2 aliphatic heterocycles. The van der Waals surface area contributed by atoms with Crippen molar-refractivity contribution in [3.63, 3.8) is 0 Å². The Balaban J connectivity index is 1.60. The van der Waals surface area contributed by atoms with Crippen LogP contribution in [-0.4, -0.2) is 85.2 Å². The van der Waals surface area contributed by atoms with Crippen molar-refractivity contribution in [1.82, 2.24) is 20.1 Å². The second-order valence-electron chi connectivity index (χ2n) is 12.0. The highest BCUT2D eigenvalue weighted by Gasteiger charge is 2.37. The van der Waals surface area contributed by atoms with Crippen LogP contribution in [0.3, 0.4) is 0 Å². The Morgan fingerprint density at radius 1 is 1.16 bits per heavy atom. The van der Waals surface area contributed by atoms with Gasteiger partial charge >= 0.3 is 6.09 Å². The quantitative estimate of drug-likeness (QED) is 0.424. The molecule has 4 atom stereocenters. The van der Waals surface area contributed by atoms with Gasteiger partial charge in [0.2, 0.25) is 5.91 Å². The summed E-state index contributed by atoms with van der Waals surface area (Å²) >= 11 is 6.70. The summed E-state index contributed by atoms with van der Waals surface area (Å²) in [6, 6.07) is 9.46. The predicted octanol–water partition coefficient (Wildman–Crippen LogP) is 5.75. The van der Waals surface area contributed by atoms with E-state index in [9.17, 15) is 9.59 Å². The van der Waals surface area contributed by atoms with Crippen molar-refractivity contribution in [3.8, 4) is 0 Å². The molecule has 0 radical (unpaired) electrons. The Morgan fingerprint density at radius 2 is 2.00 bits per heavy atom. The number of fused-ring (bicyclic) bond motifs is 2. The van der Waals surface area contributed by atoms with E-state index in [-0.39, 0.29) is 42.6 Å². The highest BCUT2D eigenvalue weighted by Crippen LogP contribution is 2.46. The largest absolute Gasteiger partial charge is 0.447 e. The number of amides is 2. The number of carbonyl (C=O) groups excluding carboxylic acids is 2. The summed E-state index contributed by atoms with van der Waals surface area (Å²) < 4.78 is 10.7. The Kier molecular flexibility index (Phi) is 10.4. The van der Waals surface area contributed by atoms with Crippen LogP contribution in [0.2, 0.25) is 5.02 Å². The summed E-state index contributed by atoms with van der Waals surface area (Å²) in [4.78, 5) is 39.1. The van der Waals surface area contributed by atoms with E-state index in [1.54, 1.807) is 12.5 Å². The van der Waals surface area contributed by atoms with E-state index in [1.807, 2.05) is 61.2 Å². The van der Waals surface area contributed by atoms with Crippen molar-refractivity contribution in [2.45, 2.75) is 63.6 Å². The van der Waals surface area contributed by atoms with Crippen molar-refractivity contribution < 1.29 is 19.1 Å². The van der Waals surface area contributed by atoms with E-state index in [2.05, 4.69) is 28.5 Å². The number of carbonyl (C=O) groups is 2. The van der Waals surface area contributed by atoms with Gasteiger partial charge in [0, 0.05) is 50.6 Å². The molecule has 5 rings (SSSR count). The maximum Gasteiger partial charge on any atom is 0.410 e. The molecular formula is C34H42ClN5O4. The highest BCUT2D eigenvalue weighted by molar-refractivity contribution is 6.30. The first-order valence-electron chi connectivity index (χ1n) is 15.4. The van der Waals surface area contributed by atoms with E-state index >= 15 is 0 Å². The predicted molar refractivity (Wildman–Crippen MR) is 174 cm³/mol. The van der Waals surface area contributed by atoms with Crippen molar-refractivity contribution in [2.24, 2.45) is 10.9 Å². The van der Waals surface area contributed by atoms with E-state index in [1.165, 1.54) is 7.11 Å². The lowest BCUT2D eigenvalue weighted by molar-refractivity contribution is -0.125. The van der Waals surface area contributed by atoms with Crippen LogP contribution in [0, 0.1) is 5.92 Å². The molecule has 1 aromatic carbocycles. The van der Waals surface area contributed by atoms with Crippen LogP contribution in [0.1, 0.15) is 67.8 Å². The van der Waals surface area contributed by atoms with Crippen LogP contribution in [0.5, 0.6) is 0 Å². The lowest BCUT2D eigenvalue weighted by Crippen LogP contribution is -2.51. The number of rotatable bonds is 7. The monoisotopic (exact) mass is 619 g/mol. The lowest BCUT2D eigenvalue weighted by atomic mass is 9.75. The fourth-order valence-electron chi connectivity index (χ4n) is 6.60. The van der Waals surface area contributed by atoms with Gasteiger partial charge in [0.15, 0.2) is 0 Å². The molecule has 10 heteroatoms. The van der Waals surface area contributed by atoms with E-state index in [0.717, 1.165) is 53.6 Å². The van der Waals surface area contributed by atoms with E-state index in [0.29, 0.717) is 18.1 Å². The van der Waals surface area contributed by atoms with Gasteiger partial charge in [0.05, 0.1) is 30.2 Å². The van der Waals surface area contributed by atoms with Crippen molar-refractivity contribution in [1.29, 1.82) is 0 Å². The molecule has 3 heterocycles. The number of nitrogens with zero attached hydrogens (tertiary/aromatic N) is 4. The third-order valence-electron chi connectivity index (χ3n) is 8.58. The topological polar surface area (TPSA) is 96.4 Å². The minimum Gasteiger partial charge on any atom is -0.447 e. The van der Waals surface area contributed by atoms with Crippen LogP contribution in [0.15, 0.2) is 53.8 Å². The van der Waals surface area contributed by atoms with Gasteiger partial charge in [-0.1, -0.05) is 30.2 Å². The zero-order valence-electron chi connectivity index (χ0n) is 25.9. The molecule has 1 aromatic heterocycles. The molecule has 1 N–H and O–H groups in total. The van der Waals surface area contributed by atoms with Crippen molar-refractivity contribution in [3.05, 3.63) is 76.2 Å². The molecule has 0 saturated carbocycles. The molecule has 2 unspecified atom stereocenters. The smallest absolute Gasteiger partial charge is 0.410 e. The van der Waals surface area contributed by atoms with Crippen LogP contribution < -0.4 is 5.32 Å². The number of hydrogen-bond donors (Lipinski definition) is 1. The fraction of sp³-hybridized carbons (Fsp3) is 0.471. The van der Waals surface area contributed by atoms with Gasteiger partial charge in [-0.2, -0.15) is 0 Å². The number of nitrogens with one attached hydrogen (secondary N) is 1. The summed E-state index contributed by atoms with van der Waals surface area (Å²) in [5, 5.41) is 3.86. The Morgan fingerprint density at radius 3 is 2.77 bits per heavy atom. The standard InChI is InChI=1S/C34H42ClN5O4/c1-22(2)44-34(42)40-16-6-5-8-23(13-17-40)31-26-11-10-25(35)19-27(26)28(18-24-9-7-14-37-32(24)31)33(38-30(41)20-43-4)29-12-15-36-21-39(29)3/h7,9-12,14-15,18-19,21-23,29,31,33H,5-6,8,13,16-17,20H2,1-4H3,(H,38,41)/t23?,29?,31-,33+/m0/s1. The van der Waals surface area contributed by atoms with Gasteiger partial charge in [-0.05, 0) is 91.6 Å². The van der Waals surface area contributed by atoms with Crippen LogP contribution in [0.4, 0.5) is 4.79 Å². The highest BCUT2D eigenvalue weighted by atomic mass is 35.5. The van der Waals surface area contributed by atoms with Gasteiger partial charge in [-0.15, -0.1) is 0 Å². The number of likely N-dealkylation sites (tertiary alicyclic amines) is 1. The summed E-state index contributed by atoms with van der Waals surface area (Å²) in [6.45, 7) is 5.02. The van der Waals surface area contributed by atoms with Crippen molar-refractivity contribution in [2.75, 3.05) is 33.9 Å². The van der Waals surface area contributed by atoms with Gasteiger partial charge in [-0.3, -0.25) is 9.78 Å². The number of benzene rings is 1. The number of pyridine rings is 1. The number of likely N-dealkylation sites (N-methyl/N-ethyl adjacent to an activating group) is 1. The third-order valence-corrected chi connectivity index (χ3v) is 8.82. The molecule has 2 amide bonds. The average Bonchev–Trinajstić information content (AvgIpc) is 3.11. The Hall–Kier alpha value is -3.69. The molecule has 9 nitrogen and oxygen atoms in total. The SMILES string of the molecule is COCC(=O)N[C@H](C1=Cc2cccnc2[C@@H](C2CCCCN(C(=O)OC(C)C)CC2)c2ccc(Cl)cc21)C1C=CN=CN1C. The number of ether oxygens (including phenoxy) is 2. The molecule has 0 bridgehead atoms. The number of methoxy groups -OCH3 is 1. The average molecular weight is 620 g/mol. The molecule has 2 aromatic rings. The molecule has 1 fully saturated rings. The molecule has 44 heavy (non-hydrogen) atoms. The van der Waals surface area contributed by atoms with Gasteiger partial charge in [-0.25, -0.2) is 9.79 Å². The minimum absolute atomic E-state index is 0.0372. The Labute approximate surface area is 265 Å².